The minimum Gasteiger partial charge on any atom is -0.355 e. The van der Waals surface area contributed by atoms with E-state index in [-0.39, 0.29) is 10.6 Å². The van der Waals surface area contributed by atoms with E-state index in [2.05, 4.69) is 27.5 Å². The largest absolute Gasteiger partial charge is 0.355 e. The minimum absolute atomic E-state index is 0.268. The summed E-state index contributed by atoms with van der Waals surface area (Å²) in [6.07, 6.45) is 7.45. The van der Waals surface area contributed by atoms with Crippen LogP contribution in [0.5, 0.6) is 0 Å². The lowest BCUT2D eigenvalue weighted by molar-refractivity contribution is 0.584. The van der Waals surface area contributed by atoms with E-state index in [4.69, 9.17) is 0 Å². The molecule has 0 radical (unpaired) electrons. The lowest BCUT2D eigenvalue weighted by atomic mass is 10.1. The molecule has 0 amide bonds. The molecule has 1 saturated heterocycles. The standard InChI is InChI=1S/C18H24FN5S/c1-18(6-3-9-25-18)12-23-17(20-2)22-11-14-4-5-16(15(19)10-14)24-8-7-21-13-24/h4-5,7-8,10,13H,3,6,9,11-12H2,1-2H3,(H2,20,22,23). The van der Waals surface area contributed by atoms with Gasteiger partial charge in [0.2, 0.25) is 0 Å². The molecule has 2 heterocycles. The maximum absolute atomic E-state index is 14.3. The first kappa shape index (κ1) is 17.8. The summed E-state index contributed by atoms with van der Waals surface area (Å²) in [6, 6.07) is 5.22. The van der Waals surface area contributed by atoms with Crippen molar-refractivity contribution in [3.05, 3.63) is 48.3 Å². The molecule has 0 bridgehead atoms. The van der Waals surface area contributed by atoms with Crippen molar-refractivity contribution in [1.29, 1.82) is 0 Å². The van der Waals surface area contributed by atoms with Gasteiger partial charge >= 0.3 is 0 Å². The summed E-state index contributed by atoms with van der Waals surface area (Å²) in [7, 11) is 1.75. The highest BCUT2D eigenvalue weighted by Gasteiger charge is 2.29. The predicted molar refractivity (Wildman–Crippen MR) is 102 cm³/mol. The smallest absolute Gasteiger partial charge is 0.191 e. The van der Waals surface area contributed by atoms with Crippen LogP contribution in [0.3, 0.4) is 0 Å². The number of aliphatic imine (C=N–C) groups is 1. The molecular formula is C18H24FN5S. The zero-order chi connectivity index (χ0) is 17.7. The van der Waals surface area contributed by atoms with Crippen LogP contribution in [0, 0.1) is 5.82 Å². The number of imidazole rings is 1. The van der Waals surface area contributed by atoms with Crippen LogP contribution in [-0.2, 0) is 6.54 Å². The minimum atomic E-state index is -0.268. The Bertz CT molecular complexity index is 723. The van der Waals surface area contributed by atoms with Crippen molar-refractivity contribution >= 4 is 17.7 Å². The number of rotatable bonds is 5. The zero-order valence-electron chi connectivity index (χ0n) is 14.6. The van der Waals surface area contributed by atoms with Gasteiger partial charge in [0.25, 0.3) is 0 Å². The van der Waals surface area contributed by atoms with E-state index in [1.807, 2.05) is 17.8 Å². The van der Waals surface area contributed by atoms with Gasteiger partial charge in [0.05, 0.1) is 12.0 Å². The molecule has 3 rings (SSSR count). The summed E-state index contributed by atoms with van der Waals surface area (Å²) in [5.41, 5.74) is 1.36. The monoisotopic (exact) mass is 361 g/mol. The molecule has 5 nitrogen and oxygen atoms in total. The van der Waals surface area contributed by atoms with Crippen LogP contribution in [0.25, 0.3) is 5.69 Å². The fourth-order valence-corrected chi connectivity index (χ4v) is 4.17. The van der Waals surface area contributed by atoms with E-state index in [0.29, 0.717) is 12.2 Å². The second-order valence-corrected chi connectivity index (χ2v) is 8.12. The second-order valence-electron chi connectivity index (χ2n) is 6.44. The number of hydrogen-bond donors (Lipinski definition) is 2. The first-order chi connectivity index (χ1) is 12.1. The molecule has 1 fully saturated rings. The molecule has 1 aliphatic heterocycles. The summed E-state index contributed by atoms with van der Waals surface area (Å²) in [4.78, 5) is 8.20. The topological polar surface area (TPSA) is 54.2 Å². The average molecular weight is 361 g/mol. The molecule has 1 unspecified atom stereocenters. The third-order valence-corrected chi connectivity index (χ3v) is 5.95. The molecule has 0 saturated carbocycles. The SMILES string of the molecule is CN=C(NCc1ccc(-n2ccnc2)c(F)c1)NCC1(C)CCCS1. The van der Waals surface area contributed by atoms with Crippen molar-refractivity contribution in [1.82, 2.24) is 20.2 Å². The fraction of sp³-hybridized carbons (Fsp3) is 0.444. The van der Waals surface area contributed by atoms with Gasteiger partial charge < -0.3 is 15.2 Å². The number of thioether (sulfide) groups is 1. The Morgan fingerprint density at radius 3 is 2.96 bits per heavy atom. The third kappa shape index (κ3) is 4.54. The Morgan fingerprint density at radius 2 is 2.32 bits per heavy atom. The number of benzene rings is 1. The molecular weight excluding hydrogens is 337 g/mol. The first-order valence-corrected chi connectivity index (χ1v) is 9.43. The van der Waals surface area contributed by atoms with Gasteiger partial charge in [-0.3, -0.25) is 4.99 Å². The Kier molecular flexibility index (Phi) is 5.63. The summed E-state index contributed by atoms with van der Waals surface area (Å²) < 4.78 is 16.2. The molecule has 2 aromatic rings. The molecule has 25 heavy (non-hydrogen) atoms. The first-order valence-electron chi connectivity index (χ1n) is 8.45. The van der Waals surface area contributed by atoms with Crippen molar-refractivity contribution < 1.29 is 4.39 Å². The zero-order valence-corrected chi connectivity index (χ0v) is 15.4. The average Bonchev–Trinajstić information content (AvgIpc) is 3.27. The van der Waals surface area contributed by atoms with Gasteiger partial charge in [-0.15, -0.1) is 0 Å². The third-order valence-electron chi connectivity index (χ3n) is 4.41. The van der Waals surface area contributed by atoms with Crippen molar-refractivity contribution in [2.45, 2.75) is 31.1 Å². The van der Waals surface area contributed by atoms with Crippen LogP contribution >= 0.6 is 11.8 Å². The second kappa shape index (κ2) is 7.91. The quantitative estimate of drug-likeness (QED) is 0.635. The highest BCUT2D eigenvalue weighted by atomic mass is 32.2. The fourth-order valence-electron chi connectivity index (χ4n) is 2.92. The van der Waals surface area contributed by atoms with Gasteiger partial charge in [0.1, 0.15) is 5.82 Å². The summed E-state index contributed by atoms with van der Waals surface area (Å²) in [6.45, 7) is 3.69. The van der Waals surface area contributed by atoms with Crippen molar-refractivity contribution in [3.63, 3.8) is 0 Å². The molecule has 0 aliphatic carbocycles. The Morgan fingerprint density at radius 1 is 1.44 bits per heavy atom. The normalized spacial score (nSPS) is 20.7. The molecule has 1 atom stereocenters. The maximum Gasteiger partial charge on any atom is 0.191 e. The van der Waals surface area contributed by atoms with E-state index in [1.165, 1.54) is 18.6 Å². The Hall–Kier alpha value is -2.02. The highest BCUT2D eigenvalue weighted by molar-refractivity contribution is 8.00. The van der Waals surface area contributed by atoms with Crippen molar-refractivity contribution in [2.24, 2.45) is 4.99 Å². The molecule has 7 heteroatoms. The molecule has 1 aromatic carbocycles. The summed E-state index contributed by atoms with van der Waals surface area (Å²) in [5.74, 6) is 1.70. The van der Waals surface area contributed by atoms with E-state index >= 15 is 0 Å². The highest BCUT2D eigenvalue weighted by Crippen LogP contribution is 2.36. The van der Waals surface area contributed by atoms with Crippen LogP contribution in [-0.4, -0.2) is 39.6 Å². The number of halogens is 1. The van der Waals surface area contributed by atoms with E-state index in [0.717, 1.165) is 18.1 Å². The van der Waals surface area contributed by atoms with E-state index in [9.17, 15) is 4.39 Å². The van der Waals surface area contributed by atoms with Gasteiger partial charge in [-0.1, -0.05) is 6.07 Å². The number of nitrogens with one attached hydrogen (secondary N) is 2. The number of hydrogen-bond acceptors (Lipinski definition) is 3. The van der Waals surface area contributed by atoms with Gasteiger partial charge in [-0.05, 0) is 43.2 Å². The van der Waals surface area contributed by atoms with Crippen LogP contribution in [0.1, 0.15) is 25.3 Å². The molecule has 134 valence electrons. The van der Waals surface area contributed by atoms with Gasteiger partial charge in [0.15, 0.2) is 5.96 Å². The van der Waals surface area contributed by atoms with Crippen molar-refractivity contribution in [2.75, 3.05) is 19.3 Å². The summed E-state index contributed by atoms with van der Waals surface area (Å²) >= 11 is 2.01. The number of guanidine groups is 1. The van der Waals surface area contributed by atoms with Gasteiger partial charge in [-0.25, -0.2) is 9.37 Å². The predicted octanol–water partition coefficient (Wildman–Crippen LogP) is 2.96. The molecule has 1 aromatic heterocycles. The number of aromatic nitrogens is 2. The molecule has 2 N–H and O–H groups in total. The van der Waals surface area contributed by atoms with Crippen LogP contribution in [0.2, 0.25) is 0 Å². The number of nitrogens with zero attached hydrogens (tertiary/aromatic N) is 3. The Balaban J connectivity index is 1.56. The van der Waals surface area contributed by atoms with Crippen LogP contribution in [0.15, 0.2) is 41.9 Å². The lowest BCUT2D eigenvalue weighted by Crippen LogP contribution is -2.43. The molecule has 1 aliphatic rings. The van der Waals surface area contributed by atoms with Crippen LogP contribution < -0.4 is 10.6 Å². The van der Waals surface area contributed by atoms with Gasteiger partial charge in [-0.2, -0.15) is 11.8 Å². The maximum atomic E-state index is 14.3. The Labute approximate surface area is 152 Å². The lowest BCUT2D eigenvalue weighted by Gasteiger charge is -2.24. The van der Waals surface area contributed by atoms with Gasteiger partial charge in [0, 0.05) is 37.3 Å². The van der Waals surface area contributed by atoms with Crippen LogP contribution in [0.4, 0.5) is 4.39 Å². The summed E-state index contributed by atoms with van der Waals surface area (Å²) in [5, 5.41) is 6.63. The van der Waals surface area contributed by atoms with E-state index < -0.39 is 0 Å². The van der Waals surface area contributed by atoms with Crippen molar-refractivity contribution in [3.8, 4) is 5.69 Å². The molecule has 0 spiro atoms. The van der Waals surface area contributed by atoms with E-state index in [1.54, 1.807) is 42.5 Å².